The van der Waals surface area contributed by atoms with E-state index in [0.29, 0.717) is 0 Å². The first-order chi connectivity index (χ1) is 10.5. The molecule has 122 valence electrons. The zero-order valence-corrected chi connectivity index (χ0v) is 13.8. The SMILES string of the molecule is COc1ccc2c(c1)OC(C)(C)C(N1CCCCCC1)C2O. The maximum absolute atomic E-state index is 11.0. The number of benzene rings is 1. The molecule has 0 amide bonds. The molecule has 0 saturated carbocycles. The summed E-state index contributed by atoms with van der Waals surface area (Å²) in [7, 11) is 1.65. The monoisotopic (exact) mass is 305 g/mol. The van der Waals surface area contributed by atoms with Crippen LogP contribution < -0.4 is 9.47 Å². The lowest BCUT2D eigenvalue weighted by Crippen LogP contribution is -2.58. The van der Waals surface area contributed by atoms with E-state index in [4.69, 9.17) is 9.47 Å². The third-order valence-electron chi connectivity index (χ3n) is 4.96. The summed E-state index contributed by atoms with van der Waals surface area (Å²) < 4.78 is 11.5. The van der Waals surface area contributed by atoms with Crippen molar-refractivity contribution in [3.05, 3.63) is 23.8 Å². The van der Waals surface area contributed by atoms with Crippen molar-refractivity contribution in [3.8, 4) is 11.5 Å². The van der Waals surface area contributed by atoms with E-state index in [9.17, 15) is 5.11 Å². The number of hydrogen-bond acceptors (Lipinski definition) is 4. The van der Waals surface area contributed by atoms with Crippen molar-refractivity contribution < 1.29 is 14.6 Å². The number of ether oxygens (including phenoxy) is 2. The molecule has 0 bridgehead atoms. The molecule has 3 rings (SSSR count). The summed E-state index contributed by atoms with van der Waals surface area (Å²) in [5.41, 5.74) is 0.442. The van der Waals surface area contributed by atoms with Gasteiger partial charge in [0.05, 0.1) is 13.2 Å². The van der Waals surface area contributed by atoms with Crippen LogP contribution in [0.3, 0.4) is 0 Å². The quantitative estimate of drug-likeness (QED) is 0.911. The average Bonchev–Trinajstić information content (AvgIpc) is 2.74. The van der Waals surface area contributed by atoms with Crippen LogP contribution in [0.5, 0.6) is 11.5 Å². The highest BCUT2D eigenvalue weighted by Crippen LogP contribution is 2.43. The summed E-state index contributed by atoms with van der Waals surface area (Å²) in [5, 5.41) is 11.0. The van der Waals surface area contributed by atoms with E-state index in [1.807, 2.05) is 18.2 Å². The highest BCUT2D eigenvalue weighted by molar-refractivity contribution is 5.45. The molecule has 2 aliphatic heterocycles. The van der Waals surface area contributed by atoms with Gasteiger partial charge in [-0.2, -0.15) is 0 Å². The molecule has 1 fully saturated rings. The number of likely N-dealkylation sites (tertiary alicyclic amines) is 1. The van der Waals surface area contributed by atoms with Gasteiger partial charge in [-0.15, -0.1) is 0 Å². The van der Waals surface area contributed by atoms with E-state index >= 15 is 0 Å². The second-order valence-electron chi connectivity index (χ2n) is 6.95. The normalized spacial score (nSPS) is 28.4. The predicted octanol–water partition coefficient (Wildman–Crippen LogP) is 3.14. The molecule has 4 nitrogen and oxygen atoms in total. The van der Waals surface area contributed by atoms with Crippen LogP contribution in [-0.4, -0.2) is 41.8 Å². The Bertz CT molecular complexity index is 521. The topological polar surface area (TPSA) is 41.9 Å². The highest BCUT2D eigenvalue weighted by atomic mass is 16.5. The van der Waals surface area contributed by atoms with Crippen molar-refractivity contribution in [2.45, 2.75) is 57.3 Å². The van der Waals surface area contributed by atoms with Gasteiger partial charge < -0.3 is 14.6 Å². The Labute approximate surface area is 133 Å². The molecule has 4 heteroatoms. The molecule has 2 aliphatic rings. The van der Waals surface area contributed by atoms with Crippen molar-refractivity contribution in [3.63, 3.8) is 0 Å². The second-order valence-corrected chi connectivity index (χ2v) is 6.95. The molecule has 0 spiro atoms. The number of methoxy groups -OCH3 is 1. The molecular weight excluding hydrogens is 278 g/mol. The summed E-state index contributed by atoms with van der Waals surface area (Å²) in [5.74, 6) is 1.50. The molecular formula is C18H27NO3. The summed E-state index contributed by atoms with van der Waals surface area (Å²) >= 11 is 0. The second kappa shape index (κ2) is 6.09. The number of rotatable bonds is 2. The molecule has 1 aromatic carbocycles. The molecule has 1 saturated heterocycles. The fraction of sp³-hybridized carbons (Fsp3) is 0.667. The number of fused-ring (bicyclic) bond motifs is 1. The number of hydrogen-bond donors (Lipinski definition) is 1. The van der Waals surface area contributed by atoms with Crippen LogP contribution in [0.25, 0.3) is 0 Å². The zero-order valence-electron chi connectivity index (χ0n) is 13.8. The zero-order chi connectivity index (χ0) is 15.7. The minimum absolute atomic E-state index is 0.00788. The fourth-order valence-corrected chi connectivity index (χ4v) is 3.88. The lowest BCUT2D eigenvalue weighted by atomic mass is 9.84. The summed E-state index contributed by atoms with van der Waals surface area (Å²) in [4.78, 5) is 2.42. The lowest BCUT2D eigenvalue weighted by molar-refractivity contribution is -0.0819. The van der Waals surface area contributed by atoms with Crippen LogP contribution in [0.15, 0.2) is 18.2 Å². The van der Waals surface area contributed by atoms with E-state index in [1.165, 1.54) is 25.7 Å². The minimum Gasteiger partial charge on any atom is -0.497 e. The van der Waals surface area contributed by atoms with Gasteiger partial charge in [0, 0.05) is 11.6 Å². The maximum Gasteiger partial charge on any atom is 0.129 e. The minimum atomic E-state index is -0.525. The third kappa shape index (κ3) is 2.82. The van der Waals surface area contributed by atoms with Crippen molar-refractivity contribution >= 4 is 0 Å². The Balaban J connectivity index is 1.93. The van der Waals surface area contributed by atoms with E-state index in [2.05, 4.69) is 18.7 Å². The van der Waals surface area contributed by atoms with E-state index in [1.54, 1.807) is 7.11 Å². The molecule has 2 heterocycles. The highest BCUT2D eigenvalue weighted by Gasteiger charge is 2.46. The van der Waals surface area contributed by atoms with E-state index in [-0.39, 0.29) is 6.04 Å². The van der Waals surface area contributed by atoms with Gasteiger partial charge in [0.1, 0.15) is 23.2 Å². The van der Waals surface area contributed by atoms with Crippen molar-refractivity contribution in [2.24, 2.45) is 0 Å². The first kappa shape index (κ1) is 15.6. The van der Waals surface area contributed by atoms with Gasteiger partial charge in [0.2, 0.25) is 0 Å². The van der Waals surface area contributed by atoms with Crippen LogP contribution in [0.4, 0.5) is 0 Å². The number of aliphatic hydroxyl groups is 1. The Kier molecular flexibility index (Phi) is 4.33. The van der Waals surface area contributed by atoms with Gasteiger partial charge >= 0.3 is 0 Å². The number of nitrogens with zero attached hydrogens (tertiary/aromatic N) is 1. The van der Waals surface area contributed by atoms with Gasteiger partial charge in [-0.3, -0.25) is 4.90 Å². The molecule has 22 heavy (non-hydrogen) atoms. The molecule has 2 atom stereocenters. The Morgan fingerprint density at radius 2 is 1.86 bits per heavy atom. The smallest absolute Gasteiger partial charge is 0.129 e. The fourth-order valence-electron chi connectivity index (χ4n) is 3.88. The molecule has 0 radical (unpaired) electrons. The van der Waals surface area contributed by atoms with Crippen LogP contribution in [0, 0.1) is 0 Å². The number of aliphatic hydroxyl groups excluding tert-OH is 1. The summed E-state index contributed by atoms with van der Waals surface area (Å²) in [6, 6.07) is 5.69. The van der Waals surface area contributed by atoms with Gasteiger partial charge in [-0.05, 0) is 51.9 Å². The van der Waals surface area contributed by atoms with Crippen LogP contribution in [0.1, 0.15) is 51.2 Å². The van der Waals surface area contributed by atoms with E-state index < -0.39 is 11.7 Å². The summed E-state index contributed by atoms with van der Waals surface area (Å²) in [6.07, 6.45) is 4.45. The molecule has 0 aliphatic carbocycles. The van der Waals surface area contributed by atoms with Gasteiger partial charge in [0.25, 0.3) is 0 Å². The van der Waals surface area contributed by atoms with Crippen LogP contribution >= 0.6 is 0 Å². The molecule has 1 N–H and O–H groups in total. The lowest BCUT2D eigenvalue weighted by Gasteiger charge is -2.48. The van der Waals surface area contributed by atoms with E-state index in [0.717, 1.165) is 30.2 Å². The largest absolute Gasteiger partial charge is 0.497 e. The molecule has 2 unspecified atom stereocenters. The Hall–Kier alpha value is -1.26. The standard InChI is InChI=1S/C18H27NO3/c1-18(2)17(19-10-6-4-5-7-11-19)16(20)14-9-8-13(21-3)12-15(14)22-18/h8-9,12,16-17,20H,4-7,10-11H2,1-3H3. The van der Waals surface area contributed by atoms with Gasteiger partial charge in [0.15, 0.2) is 0 Å². The first-order valence-corrected chi connectivity index (χ1v) is 8.32. The van der Waals surface area contributed by atoms with Crippen molar-refractivity contribution in [1.29, 1.82) is 0 Å². The summed E-state index contributed by atoms with van der Waals surface area (Å²) in [6.45, 7) is 6.24. The Morgan fingerprint density at radius 3 is 2.50 bits per heavy atom. The average molecular weight is 305 g/mol. The third-order valence-corrected chi connectivity index (χ3v) is 4.96. The van der Waals surface area contributed by atoms with Crippen LogP contribution in [-0.2, 0) is 0 Å². The first-order valence-electron chi connectivity index (χ1n) is 8.32. The predicted molar refractivity (Wildman–Crippen MR) is 86.5 cm³/mol. The molecule has 0 aromatic heterocycles. The van der Waals surface area contributed by atoms with Crippen LogP contribution in [0.2, 0.25) is 0 Å². The van der Waals surface area contributed by atoms with Crippen molar-refractivity contribution in [2.75, 3.05) is 20.2 Å². The van der Waals surface area contributed by atoms with Gasteiger partial charge in [-0.25, -0.2) is 0 Å². The maximum atomic E-state index is 11.0. The molecule has 1 aromatic rings. The Morgan fingerprint density at radius 1 is 1.18 bits per heavy atom. The van der Waals surface area contributed by atoms with Gasteiger partial charge in [-0.1, -0.05) is 12.8 Å². The van der Waals surface area contributed by atoms with Crippen molar-refractivity contribution in [1.82, 2.24) is 4.90 Å².